The molecule has 2 nitrogen and oxygen atoms in total. The smallest absolute Gasteiger partial charge is 0.163 e. The molecule has 23 heavy (non-hydrogen) atoms. The lowest BCUT2D eigenvalue weighted by Crippen LogP contribution is -2.37. The standard InChI is InChI=1S/C21H32O2/c1-3-5-9-14-21(23-4-2)15-12-18(13-16-21)17-20(22)19-10-7-6-8-11-19/h6-8,10-11,18H,3-5,9,12-17H2,1-2H3/t18-,21+. The van der Waals surface area contributed by atoms with Crippen molar-refractivity contribution < 1.29 is 9.53 Å². The van der Waals surface area contributed by atoms with Gasteiger partial charge in [-0.25, -0.2) is 0 Å². The SMILES string of the molecule is CCCCC[C@]1(OCC)CC[C@@H](CC(=O)c2ccccc2)CC1. The quantitative estimate of drug-likeness (QED) is 0.425. The Bertz CT molecular complexity index is 458. The zero-order chi connectivity index (χ0) is 16.5. The van der Waals surface area contributed by atoms with Gasteiger partial charge in [-0.05, 0) is 44.9 Å². The van der Waals surface area contributed by atoms with Crippen molar-refractivity contribution >= 4 is 5.78 Å². The first-order valence-electron chi connectivity index (χ1n) is 9.41. The van der Waals surface area contributed by atoms with E-state index in [9.17, 15) is 4.79 Å². The second-order valence-corrected chi connectivity index (χ2v) is 7.01. The van der Waals surface area contributed by atoms with Crippen LogP contribution in [0.15, 0.2) is 30.3 Å². The molecular formula is C21H32O2. The lowest BCUT2D eigenvalue weighted by Gasteiger charge is -2.40. The molecule has 1 aromatic rings. The molecule has 2 rings (SSSR count). The fourth-order valence-corrected chi connectivity index (χ4v) is 3.88. The molecule has 0 N–H and O–H groups in total. The number of ketones is 1. The predicted octanol–water partition coefficient (Wildman–Crippen LogP) is 5.81. The van der Waals surface area contributed by atoms with Crippen LogP contribution in [0.3, 0.4) is 0 Å². The van der Waals surface area contributed by atoms with Gasteiger partial charge in [-0.3, -0.25) is 4.79 Å². The van der Waals surface area contributed by atoms with Gasteiger partial charge in [0.2, 0.25) is 0 Å². The number of rotatable bonds is 9. The van der Waals surface area contributed by atoms with E-state index in [2.05, 4.69) is 13.8 Å². The van der Waals surface area contributed by atoms with E-state index in [0.717, 1.165) is 37.9 Å². The van der Waals surface area contributed by atoms with Crippen LogP contribution in [-0.4, -0.2) is 18.0 Å². The van der Waals surface area contributed by atoms with Gasteiger partial charge < -0.3 is 4.74 Å². The molecule has 2 heteroatoms. The van der Waals surface area contributed by atoms with Crippen LogP contribution >= 0.6 is 0 Å². The van der Waals surface area contributed by atoms with E-state index in [0.29, 0.717) is 18.1 Å². The third-order valence-corrected chi connectivity index (χ3v) is 5.27. The van der Waals surface area contributed by atoms with Crippen molar-refractivity contribution in [3.63, 3.8) is 0 Å². The average Bonchev–Trinajstić information content (AvgIpc) is 2.58. The van der Waals surface area contributed by atoms with Gasteiger partial charge in [0.05, 0.1) is 5.60 Å². The summed E-state index contributed by atoms with van der Waals surface area (Å²) in [7, 11) is 0. The molecule has 0 saturated heterocycles. The third kappa shape index (κ3) is 5.46. The third-order valence-electron chi connectivity index (χ3n) is 5.27. The van der Waals surface area contributed by atoms with Gasteiger partial charge in [-0.1, -0.05) is 56.5 Å². The van der Waals surface area contributed by atoms with E-state index in [1.54, 1.807) is 0 Å². The number of unbranched alkanes of at least 4 members (excludes halogenated alkanes) is 2. The molecule has 0 aliphatic heterocycles. The maximum absolute atomic E-state index is 12.4. The molecule has 0 amide bonds. The fourth-order valence-electron chi connectivity index (χ4n) is 3.88. The van der Waals surface area contributed by atoms with Gasteiger partial charge in [0.15, 0.2) is 5.78 Å². The van der Waals surface area contributed by atoms with Crippen molar-refractivity contribution in [2.75, 3.05) is 6.61 Å². The van der Waals surface area contributed by atoms with Crippen molar-refractivity contribution in [3.8, 4) is 0 Å². The Hall–Kier alpha value is -1.15. The van der Waals surface area contributed by atoms with Crippen molar-refractivity contribution in [3.05, 3.63) is 35.9 Å². The Morgan fingerprint density at radius 1 is 1.13 bits per heavy atom. The molecular weight excluding hydrogens is 284 g/mol. The Kier molecular flexibility index (Phi) is 7.29. The van der Waals surface area contributed by atoms with E-state index in [4.69, 9.17) is 4.74 Å². The van der Waals surface area contributed by atoms with Crippen molar-refractivity contribution in [2.45, 2.75) is 77.2 Å². The van der Waals surface area contributed by atoms with Crippen LogP contribution in [0.4, 0.5) is 0 Å². The Morgan fingerprint density at radius 2 is 1.83 bits per heavy atom. The van der Waals surface area contributed by atoms with E-state index in [-0.39, 0.29) is 5.60 Å². The summed E-state index contributed by atoms with van der Waals surface area (Å²) in [5.74, 6) is 0.827. The van der Waals surface area contributed by atoms with Gasteiger partial charge in [0, 0.05) is 18.6 Å². The lowest BCUT2D eigenvalue weighted by molar-refractivity contribution is -0.0796. The predicted molar refractivity (Wildman–Crippen MR) is 95.8 cm³/mol. The first-order valence-corrected chi connectivity index (χ1v) is 9.41. The van der Waals surface area contributed by atoms with E-state index < -0.39 is 0 Å². The van der Waals surface area contributed by atoms with Gasteiger partial charge >= 0.3 is 0 Å². The van der Waals surface area contributed by atoms with Crippen molar-refractivity contribution in [1.82, 2.24) is 0 Å². The normalized spacial score (nSPS) is 24.5. The highest BCUT2D eigenvalue weighted by molar-refractivity contribution is 5.96. The van der Waals surface area contributed by atoms with Crippen LogP contribution < -0.4 is 0 Å². The van der Waals surface area contributed by atoms with E-state index in [1.807, 2.05) is 30.3 Å². The Balaban J connectivity index is 1.84. The van der Waals surface area contributed by atoms with Crippen LogP contribution in [-0.2, 0) is 4.74 Å². The molecule has 0 radical (unpaired) electrons. The van der Waals surface area contributed by atoms with Gasteiger partial charge in [0.1, 0.15) is 0 Å². The highest BCUT2D eigenvalue weighted by Gasteiger charge is 2.35. The van der Waals surface area contributed by atoms with Crippen LogP contribution in [0.25, 0.3) is 0 Å². The zero-order valence-corrected chi connectivity index (χ0v) is 14.9. The number of carbonyl (C=O) groups excluding carboxylic acids is 1. The second-order valence-electron chi connectivity index (χ2n) is 7.01. The molecule has 1 aliphatic carbocycles. The topological polar surface area (TPSA) is 26.3 Å². The summed E-state index contributed by atoms with van der Waals surface area (Å²) in [6, 6.07) is 9.72. The summed E-state index contributed by atoms with van der Waals surface area (Å²) in [5.41, 5.74) is 0.952. The molecule has 0 bridgehead atoms. The molecule has 1 saturated carbocycles. The van der Waals surface area contributed by atoms with Crippen molar-refractivity contribution in [1.29, 1.82) is 0 Å². The molecule has 1 aliphatic rings. The van der Waals surface area contributed by atoms with Crippen molar-refractivity contribution in [2.24, 2.45) is 5.92 Å². The molecule has 0 aromatic heterocycles. The summed E-state index contributed by atoms with van der Waals surface area (Å²) in [5, 5.41) is 0. The summed E-state index contributed by atoms with van der Waals surface area (Å²) in [4.78, 5) is 12.4. The molecule has 0 spiro atoms. The molecule has 1 fully saturated rings. The first kappa shape index (κ1) is 18.2. The number of ether oxygens (including phenoxy) is 1. The maximum Gasteiger partial charge on any atom is 0.163 e. The van der Waals surface area contributed by atoms with Gasteiger partial charge in [-0.2, -0.15) is 0 Å². The number of Topliss-reactive ketones (excluding diaryl/α,β-unsaturated/α-hetero) is 1. The van der Waals surface area contributed by atoms with Crippen LogP contribution in [0, 0.1) is 5.92 Å². The maximum atomic E-state index is 12.4. The number of hydrogen-bond acceptors (Lipinski definition) is 2. The van der Waals surface area contributed by atoms with E-state index >= 15 is 0 Å². The zero-order valence-electron chi connectivity index (χ0n) is 14.9. The molecule has 1 aromatic carbocycles. The molecule has 0 heterocycles. The minimum absolute atomic E-state index is 0.0935. The van der Waals surface area contributed by atoms with Crippen LogP contribution in [0.1, 0.15) is 82.0 Å². The molecule has 128 valence electrons. The summed E-state index contributed by atoms with van der Waals surface area (Å²) >= 11 is 0. The largest absolute Gasteiger partial charge is 0.375 e. The summed E-state index contributed by atoms with van der Waals surface area (Å²) < 4.78 is 6.17. The van der Waals surface area contributed by atoms with Crippen LogP contribution in [0.2, 0.25) is 0 Å². The van der Waals surface area contributed by atoms with Crippen LogP contribution in [0.5, 0.6) is 0 Å². The first-order chi connectivity index (χ1) is 11.2. The fraction of sp³-hybridized carbons (Fsp3) is 0.667. The summed E-state index contributed by atoms with van der Waals surface area (Å²) in [6.45, 7) is 5.16. The minimum Gasteiger partial charge on any atom is -0.375 e. The minimum atomic E-state index is 0.0935. The second kappa shape index (κ2) is 9.22. The monoisotopic (exact) mass is 316 g/mol. The van der Waals surface area contributed by atoms with Gasteiger partial charge in [0.25, 0.3) is 0 Å². The van der Waals surface area contributed by atoms with E-state index in [1.165, 1.54) is 25.7 Å². The number of carbonyl (C=O) groups is 1. The summed E-state index contributed by atoms with van der Waals surface area (Å²) in [6.07, 6.45) is 10.2. The Labute approximate surface area is 141 Å². The number of benzene rings is 1. The highest BCUT2D eigenvalue weighted by atomic mass is 16.5. The highest BCUT2D eigenvalue weighted by Crippen LogP contribution is 2.40. The Morgan fingerprint density at radius 3 is 2.43 bits per heavy atom. The van der Waals surface area contributed by atoms with Gasteiger partial charge in [-0.15, -0.1) is 0 Å². The molecule has 0 unspecified atom stereocenters. The average molecular weight is 316 g/mol. The number of hydrogen-bond donors (Lipinski definition) is 0. The molecule has 0 atom stereocenters. The lowest BCUT2D eigenvalue weighted by atomic mass is 9.74.